The van der Waals surface area contributed by atoms with Crippen LogP contribution >= 0.6 is 11.8 Å². The summed E-state index contributed by atoms with van der Waals surface area (Å²) in [6.07, 6.45) is 1.97. The van der Waals surface area contributed by atoms with Crippen molar-refractivity contribution in [3.8, 4) is 17.2 Å². The molecule has 0 saturated heterocycles. The molecular formula is C32H31FN4O4S. The van der Waals surface area contributed by atoms with Gasteiger partial charge in [-0.2, -0.15) is 0 Å². The number of benzene rings is 3. The van der Waals surface area contributed by atoms with Crippen LogP contribution in [-0.4, -0.2) is 42.9 Å². The second kappa shape index (κ2) is 13.1. The lowest BCUT2D eigenvalue weighted by atomic mass is 10.0. The van der Waals surface area contributed by atoms with E-state index in [1.54, 1.807) is 48.3 Å². The van der Waals surface area contributed by atoms with Gasteiger partial charge >= 0.3 is 0 Å². The number of aromatic nitrogens is 1. The fraction of sp³-hybridized carbons (Fsp3) is 0.219. The van der Waals surface area contributed by atoms with Crippen molar-refractivity contribution < 1.29 is 23.5 Å². The summed E-state index contributed by atoms with van der Waals surface area (Å²) in [5, 5.41) is 5.38. The highest BCUT2D eigenvalue weighted by Gasteiger charge is 2.28. The van der Waals surface area contributed by atoms with Gasteiger partial charge in [-0.25, -0.2) is 4.39 Å². The van der Waals surface area contributed by atoms with E-state index in [1.165, 1.54) is 36.4 Å². The number of hydrogen-bond acceptors (Lipinski definition) is 7. The van der Waals surface area contributed by atoms with E-state index in [9.17, 15) is 9.59 Å². The van der Waals surface area contributed by atoms with E-state index in [0.717, 1.165) is 23.6 Å². The molecule has 0 fully saturated rings. The van der Waals surface area contributed by atoms with E-state index < -0.39 is 24.1 Å². The van der Waals surface area contributed by atoms with Crippen LogP contribution in [0.2, 0.25) is 0 Å². The van der Waals surface area contributed by atoms with Gasteiger partial charge in [-0.1, -0.05) is 36.4 Å². The standard InChI is InChI=1S/C32H31FN4O4S/c1-37(2)19-20-7-6-8-21(15-20)29-17-25-32(42-29)28(13-14-34-25)41-26-12-11-22(16-23(26)33)35-30(38)18-31(39)36-24-9-4-5-10-27(24)40-3/h4-16,29H,17-19H2,1-3H3,(H,35,38)(H,36,39). The Bertz CT molecular complexity index is 1610. The van der Waals surface area contributed by atoms with Gasteiger partial charge in [-0.3, -0.25) is 14.6 Å². The predicted molar refractivity (Wildman–Crippen MR) is 162 cm³/mol. The Hall–Kier alpha value is -4.41. The Kier molecular flexibility index (Phi) is 9.04. The predicted octanol–water partition coefficient (Wildman–Crippen LogP) is 6.44. The summed E-state index contributed by atoms with van der Waals surface area (Å²) < 4.78 is 26.3. The number of fused-ring (bicyclic) bond motifs is 1. The number of methoxy groups -OCH3 is 1. The SMILES string of the molecule is COc1ccccc1NC(=O)CC(=O)Nc1ccc(Oc2ccnc3c2SC(c2cccc(CN(C)C)c2)C3)c(F)c1. The third-order valence-corrected chi connectivity index (χ3v) is 7.94. The zero-order chi connectivity index (χ0) is 29.6. The van der Waals surface area contributed by atoms with Crippen molar-refractivity contribution in [1.29, 1.82) is 0 Å². The third kappa shape index (κ3) is 7.07. The fourth-order valence-electron chi connectivity index (χ4n) is 4.70. The number of amides is 2. The van der Waals surface area contributed by atoms with Crippen LogP contribution in [0.25, 0.3) is 0 Å². The van der Waals surface area contributed by atoms with Gasteiger partial charge in [0.2, 0.25) is 11.8 Å². The first kappa shape index (κ1) is 29.1. The van der Waals surface area contributed by atoms with Gasteiger partial charge in [0.15, 0.2) is 11.6 Å². The smallest absolute Gasteiger partial charge is 0.233 e. The number of halogens is 1. The summed E-state index contributed by atoms with van der Waals surface area (Å²) in [6, 6.07) is 21.3. The zero-order valence-electron chi connectivity index (χ0n) is 23.5. The summed E-state index contributed by atoms with van der Waals surface area (Å²) in [5.41, 5.74) is 4.03. The maximum absolute atomic E-state index is 15.1. The van der Waals surface area contributed by atoms with Crippen LogP contribution < -0.4 is 20.1 Å². The van der Waals surface area contributed by atoms with Gasteiger partial charge in [0.25, 0.3) is 0 Å². The average molecular weight is 587 g/mol. The quantitative estimate of drug-likeness (QED) is 0.207. The number of ether oxygens (including phenoxy) is 2. The maximum Gasteiger partial charge on any atom is 0.233 e. The Morgan fingerprint density at radius 2 is 1.79 bits per heavy atom. The maximum atomic E-state index is 15.1. The van der Waals surface area contributed by atoms with Gasteiger partial charge in [0, 0.05) is 42.2 Å². The van der Waals surface area contributed by atoms with E-state index >= 15 is 4.39 Å². The number of nitrogens with one attached hydrogen (secondary N) is 2. The van der Waals surface area contributed by atoms with Crippen molar-refractivity contribution >= 4 is 35.0 Å². The molecule has 216 valence electrons. The summed E-state index contributed by atoms with van der Waals surface area (Å²) in [7, 11) is 5.58. The van der Waals surface area contributed by atoms with E-state index in [1.807, 2.05) is 14.1 Å². The van der Waals surface area contributed by atoms with Crippen LogP contribution in [0.5, 0.6) is 17.2 Å². The first-order chi connectivity index (χ1) is 20.3. The van der Waals surface area contributed by atoms with E-state index in [4.69, 9.17) is 9.47 Å². The second-order valence-corrected chi connectivity index (χ2v) is 11.3. The van der Waals surface area contributed by atoms with Crippen LogP contribution in [0, 0.1) is 5.82 Å². The highest BCUT2D eigenvalue weighted by Crippen LogP contribution is 2.50. The molecule has 0 saturated carbocycles. The Morgan fingerprint density at radius 1 is 0.976 bits per heavy atom. The summed E-state index contributed by atoms with van der Waals surface area (Å²) in [5.74, 6) is -0.726. The van der Waals surface area contributed by atoms with E-state index in [2.05, 4.69) is 44.8 Å². The van der Waals surface area contributed by atoms with Gasteiger partial charge in [-0.05, 0) is 49.5 Å². The molecule has 1 unspecified atom stereocenters. The molecule has 10 heteroatoms. The molecule has 1 aromatic heterocycles. The third-order valence-electron chi connectivity index (χ3n) is 6.54. The van der Waals surface area contributed by atoms with Crippen LogP contribution in [0.15, 0.2) is 83.9 Å². The molecule has 0 spiro atoms. The van der Waals surface area contributed by atoms with Crippen LogP contribution in [0.4, 0.5) is 15.8 Å². The number of rotatable bonds is 10. The normalized spacial score (nSPS) is 13.9. The zero-order valence-corrected chi connectivity index (χ0v) is 24.3. The number of thioether (sulfide) groups is 1. The van der Waals surface area contributed by atoms with Gasteiger partial charge < -0.3 is 25.0 Å². The average Bonchev–Trinajstić information content (AvgIpc) is 3.40. The van der Waals surface area contributed by atoms with Crippen LogP contribution in [0.3, 0.4) is 0 Å². The molecule has 0 radical (unpaired) electrons. The lowest BCUT2D eigenvalue weighted by Gasteiger charge is -2.14. The van der Waals surface area contributed by atoms with Crippen LogP contribution in [0.1, 0.15) is 28.5 Å². The highest BCUT2D eigenvalue weighted by molar-refractivity contribution is 8.00. The van der Waals surface area contributed by atoms with Gasteiger partial charge in [0.1, 0.15) is 17.9 Å². The number of carbonyl (C=O) groups is 2. The molecule has 3 aromatic carbocycles. The molecule has 8 nitrogen and oxygen atoms in total. The molecule has 5 rings (SSSR count). The molecule has 1 aliphatic heterocycles. The molecule has 42 heavy (non-hydrogen) atoms. The minimum atomic E-state index is -0.646. The summed E-state index contributed by atoms with van der Waals surface area (Å²) in [4.78, 5) is 32.3. The molecule has 2 amide bonds. The van der Waals surface area contributed by atoms with Crippen molar-refractivity contribution in [3.05, 3.63) is 102 Å². The first-order valence-electron chi connectivity index (χ1n) is 13.4. The van der Waals surface area contributed by atoms with Crippen LogP contribution in [-0.2, 0) is 22.6 Å². The summed E-state index contributed by atoms with van der Waals surface area (Å²) >= 11 is 1.66. The van der Waals surface area contributed by atoms with E-state index in [-0.39, 0.29) is 16.7 Å². The number of nitrogens with zero attached hydrogens (tertiary/aromatic N) is 2. The number of pyridine rings is 1. The minimum absolute atomic E-state index is 0.0207. The highest BCUT2D eigenvalue weighted by atomic mass is 32.2. The summed E-state index contributed by atoms with van der Waals surface area (Å²) in [6.45, 7) is 0.858. The van der Waals surface area contributed by atoms with Crippen molar-refractivity contribution in [2.45, 2.75) is 29.5 Å². The van der Waals surface area contributed by atoms with Gasteiger partial charge in [-0.15, -0.1) is 11.8 Å². The molecule has 2 N–H and O–H groups in total. The lowest BCUT2D eigenvalue weighted by molar-refractivity contribution is -0.123. The van der Waals surface area contributed by atoms with Crippen molar-refractivity contribution in [1.82, 2.24) is 9.88 Å². The largest absolute Gasteiger partial charge is 0.495 e. The van der Waals surface area contributed by atoms with Crippen molar-refractivity contribution in [3.63, 3.8) is 0 Å². The van der Waals surface area contributed by atoms with E-state index in [0.29, 0.717) is 17.2 Å². The first-order valence-corrected chi connectivity index (χ1v) is 14.2. The van der Waals surface area contributed by atoms with Gasteiger partial charge in [0.05, 0.1) is 23.4 Å². The molecule has 2 heterocycles. The molecular weight excluding hydrogens is 555 g/mol. The fourth-order valence-corrected chi connectivity index (χ4v) is 6.01. The molecule has 0 aliphatic carbocycles. The Balaban J connectivity index is 1.21. The number of carbonyl (C=O) groups excluding carboxylic acids is 2. The van der Waals surface area contributed by atoms with Crippen molar-refractivity contribution in [2.75, 3.05) is 31.8 Å². The molecule has 1 aliphatic rings. The topological polar surface area (TPSA) is 92.8 Å². The Morgan fingerprint density at radius 3 is 2.57 bits per heavy atom. The second-order valence-electron chi connectivity index (χ2n) is 10.1. The monoisotopic (exact) mass is 586 g/mol. The molecule has 0 bridgehead atoms. The lowest BCUT2D eigenvalue weighted by Crippen LogP contribution is -2.21. The Labute approximate surface area is 248 Å². The van der Waals surface area contributed by atoms with Crippen molar-refractivity contribution in [2.24, 2.45) is 0 Å². The molecule has 4 aromatic rings. The number of hydrogen-bond donors (Lipinski definition) is 2. The minimum Gasteiger partial charge on any atom is -0.495 e. The molecule has 1 atom stereocenters. The number of anilines is 2. The number of para-hydroxylation sites is 2.